The molecule has 2 rings (SSSR count). The van der Waals surface area contributed by atoms with Gasteiger partial charge in [0.25, 0.3) is 0 Å². The zero-order valence-corrected chi connectivity index (χ0v) is 10.8. The molecule has 0 amide bonds. The fourth-order valence-electron chi connectivity index (χ4n) is 1.97. The Morgan fingerprint density at radius 2 is 2.28 bits per heavy atom. The van der Waals surface area contributed by atoms with Crippen molar-refractivity contribution in [2.24, 2.45) is 0 Å². The Bertz CT molecular complexity index is 507. The summed E-state index contributed by atoms with van der Waals surface area (Å²) in [5, 5.41) is 3.46. The van der Waals surface area contributed by atoms with Crippen molar-refractivity contribution in [1.29, 1.82) is 0 Å². The van der Waals surface area contributed by atoms with E-state index in [4.69, 9.17) is 10.2 Å². The molecule has 0 radical (unpaired) electrons. The summed E-state index contributed by atoms with van der Waals surface area (Å²) in [4.78, 5) is 4.15. The van der Waals surface area contributed by atoms with E-state index in [1.165, 1.54) is 0 Å². The van der Waals surface area contributed by atoms with Crippen LogP contribution in [0.15, 0.2) is 35.2 Å². The van der Waals surface area contributed by atoms with Crippen LogP contribution in [0.25, 0.3) is 0 Å². The molecule has 0 aliphatic heterocycles. The number of nitrogens with one attached hydrogen (secondary N) is 1. The van der Waals surface area contributed by atoms with Gasteiger partial charge < -0.3 is 15.5 Å². The van der Waals surface area contributed by atoms with Gasteiger partial charge in [-0.3, -0.25) is 4.98 Å². The van der Waals surface area contributed by atoms with E-state index < -0.39 is 0 Å². The van der Waals surface area contributed by atoms with Crippen LogP contribution in [0.4, 0.5) is 5.69 Å². The predicted molar refractivity (Wildman–Crippen MR) is 72.2 cm³/mol. The highest BCUT2D eigenvalue weighted by Crippen LogP contribution is 2.28. The predicted octanol–water partition coefficient (Wildman–Crippen LogP) is 2.65. The molecule has 0 aliphatic carbocycles. The third-order valence-corrected chi connectivity index (χ3v) is 2.96. The van der Waals surface area contributed by atoms with Crippen molar-refractivity contribution in [2.75, 3.05) is 12.3 Å². The second kappa shape index (κ2) is 5.69. The minimum absolute atomic E-state index is 0.0337. The highest BCUT2D eigenvalue weighted by atomic mass is 16.3. The van der Waals surface area contributed by atoms with E-state index >= 15 is 0 Å². The Kier molecular flexibility index (Phi) is 3.99. The van der Waals surface area contributed by atoms with Gasteiger partial charge in [0, 0.05) is 23.6 Å². The van der Waals surface area contributed by atoms with Gasteiger partial charge in [-0.05, 0) is 37.6 Å². The number of nitrogens with two attached hydrogens (primary N) is 1. The zero-order valence-electron chi connectivity index (χ0n) is 10.8. The average molecular weight is 245 g/mol. The molecule has 0 aromatic carbocycles. The number of rotatable bonds is 5. The van der Waals surface area contributed by atoms with Crippen molar-refractivity contribution >= 4 is 5.69 Å². The lowest BCUT2D eigenvalue weighted by atomic mass is 10.0. The largest absolute Gasteiger partial charge is 0.467 e. The lowest BCUT2D eigenvalue weighted by Gasteiger charge is -2.19. The molecule has 2 heterocycles. The number of aromatic nitrogens is 1. The summed E-state index contributed by atoms with van der Waals surface area (Å²) in [5.41, 5.74) is 8.84. The van der Waals surface area contributed by atoms with Crippen molar-refractivity contribution in [1.82, 2.24) is 10.3 Å². The number of pyridine rings is 1. The standard InChI is InChI=1S/C14H19N3O/c1-3-6-17-13(14-10(2)5-8-18-14)11-9-16-7-4-12(11)15/h4-5,7-9,13,17H,3,6H2,1-2H3,(H2,15,16). The van der Waals surface area contributed by atoms with E-state index in [9.17, 15) is 0 Å². The summed E-state index contributed by atoms with van der Waals surface area (Å²) >= 11 is 0. The fraction of sp³-hybridized carbons (Fsp3) is 0.357. The van der Waals surface area contributed by atoms with Gasteiger partial charge in [0.2, 0.25) is 0 Å². The molecule has 96 valence electrons. The summed E-state index contributed by atoms with van der Waals surface area (Å²) in [6, 6.07) is 3.74. The van der Waals surface area contributed by atoms with Crippen molar-refractivity contribution in [3.63, 3.8) is 0 Å². The molecule has 0 bridgehead atoms. The number of nitrogen functional groups attached to an aromatic ring is 1. The first-order valence-corrected chi connectivity index (χ1v) is 6.20. The molecule has 18 heavy (non-hydrogen) atoms. The molecule has 0 spiro atoms. The Labute approximate surface area is 107 Å². The first-order chi connectivity index (χ1) is 8.74. The molecule has 1 atom stereocenters. The van der Waals surface area contributed by atoms with Crippen LogP contribution in [0.5, 0.6) is 0 Å². The van der Waals surface area contributed by atoms with Crippen LogP contribution in [-0.2, 0) is 0 Å². The van der Waals surface area contributed by atoms with Gasteiger partial charge in [0.15, 0.2) is 0 Å². The topological polar surface area (TPSA) is 64.1 Å². The van der Waals surface area contributed by atoms with E-state index in [0.717, 1.165) is 35.5 Å². The van der Waals surface area contributed by atoms with Gasteiger partial charge in [-0.15, -0.1) is 0 Å². The number of furan rings is 1. The molecular weight excluding hydrogens is 226 g/mol. The maximum Gasteiger partial charge on any atom is 0.128 e. The lowest BCUT2D eigenvalue weighted by Crippen LogP contribution is -2.24. The van der Waals surface area contributed by atoms with E-state index in [1.54, 1.807) is 18.7 Å². The Morgan fingerprint density at radius 3 is 2.89 bits per heavy atom. The molecular formula is C14H19N3O. The molecule has 2 aromatic rings. The quantitative estimate of drug-likeness (QED) is 0.850. The summed E-state index contributed by atoms with van der Waals surface area (Å²) in [6.45, 7) is 5.07. The minimum atomic E-state index is -0.0337. The third-order valence-electron chi connectivity index (χ3n) is 2.96. The molecule has 4 nitrogen and oxygen atoms in total. The molecule has 3 N–H and O–H groups in total. The van der Waals surface area contributed by atoms with Crippen LogP contribution >= 0.6 is 0 Å². The highest BCUT2D eigenvalue weighted by Gasteiger charge is 2.20. The first kappa shape index (κ1) is 12.6. The number of aryl methyl sites for hydroxylation is 1. The van der Waals surface area contributed by atoms with Gasteiger partial charge in [-0.1, -0.05) is 6.92 Å². The zero-order chi connectivity index (χ0) is 13.0. The molecule has 0 aliphatic rings. The minimum Gasteiger partial charge on any atom is -0.467 e. The van der Waals surface area contributed by atoms with Gasteiger partial charge in [0.1, 0.15) is 5.76 Å². The third kappa shape index (κ3) is 2.54. The van der Waals surface area contributed by atoms with Crippen molar-refractivity contribution in [3.8, 4) is 0 Å². The van der Waals surface area contributed by atoms with Crippen LogP contribution < -0.4 is 11.1 Å². The summed E-state index contributed by atoms with van der Waals surface area (Å²) in [7, 11) is 0. The maximum absolute atomic E-state index is 6.03. The van der Waals surface area contributed by atoms with Crippen molar-refractivity contribution in [3.05, 3.63) is 47.7 Å². The summed E-state index contributed by atoms with van der Waals surface area (Å²) in [5.74, 6) is 0.906. The smallest absolute Gasteiger partial charge is 0.128 e. The van der Waals surface area contributed by atoms with E-state index in [2.05, 4.69) is 17.2 Å². The van der Waals surface area contributed by atoms with Crippen molar-refractivity contribution in [2.45, 2.75) is 26.3 Å². The maximum atomic E-state index is 6.03. The second-order valence-electron chi connectivity index (χ2n) is 4.36. The molecule has 0 fully saturated rings. The van der Waals surface area contributed by atoms with Gasteiger partial charge >= 0.3 is 0 Å². The van der Waals surface area contributed by atoms with E-state index in [-0.39, 0.29) is 6.04 Å². The monoisotopic (exact) mass is 245 g/mol. The molecule has 1 unspecified atom stereocenters. The van der Waals surface area contributed by atoms with Crippen molar-refractivity contribution < 1.29 is 4.42 Å². The van der Waals surface area contributed by atoms with E-state index in [0.29, 0.717) is 0 Å². The molecule has 0 saturated heterocycles. The van der Waals surface area contributed by atoms with Crippen LogP contribution in [0.2, 0.25) is 0 Å². The number of hydrogen-bond donors (Lipinski definition) is 2. The SMILES string of the molecule is CCCNC(c1cnccc1N)c1occc1C. The molecule has 0 saturated carbocycles. The van der Waals surface area contributed by atoms with Crippen LogP contribution in [-0.4, -0.2) is 11.5 Å². The Morgan fingerprint density at radius 1 is 1.44 bits per heavy atom. The Balaban J connectivity index is 2.37. The fourth-order valence-corrected chi connectivity index (χ4v) is 1.97. The summed E-state index contributed by atoms with van der Waals surface area (Å²) < 4.78 is 5.59. The Hall–Kier alpha value is -1.81. The van der Waals surface area contributed by atoms with Gasteiger partial charge in [0.05, 0.1) is 12.3 Å². The van der Waals surface area contributed by atoms with Gasteiger partial charge in [-0.2, -0.15) is 0 Å². The van der Waals surface area contributed by atoms with Crippen LogP contribution in [0.1, 0.15) is 36.3 Å². The number of hydrogen-bond acceptors (Lipinski definition) is 4. The average Bonchev–Trinajstić information content (AvgIpc) is 2.78. The lowest BCUT2D eigenvalue weighted by molar-refractivity contribution is 0.444. The second-order valence-corrected chi connectivity index (χ2v) is 4.36. The highest BCUT2D eigenvalue weighted by molar-refractivity contribution is 5.49. The molecule has 2 aromatic heterocycles. The van der Waals surface area contributed by atoms with Crippen LogP contribution in [0.3, 0.4) is 0 Å². The van der Waals surface area contributed by atoms with Gasteiger partial charge in [-0.25, -0.2) is 0 Å². The first-order valence-electron chi connectivity index (χ1n) is 6.20. The molecule has 4 heteroatoms. The summed E-state index contributed by atoms with van der Waals surface area (Å²) in [6.07, 6.45) is 6.25. The van der Waals surface area contributed by atoms with E-state index in [1.807, 2.05) is 19.1 Å². The normalized spacial score (nSPS) is 12.6. The van der Waals surface area contributed by atoms with Crippen LogP contribution in [0, 0.1) is 6.92 Å². The number of anilines is 1. The number of nitrogens with zero attached hydrogens (tertiary/aromatic N) is 1.